The van der Waals surface area contributed by atoms with Crippen LogP contribution in [0.15, 0.2) is 30.3 Å². The van der Waals surface area contributed by atoms with Crippen LogP contribution in [-0.2, 0) is 4.79 Å². The molecule has 1 N–H and O–H groups in total. The van der Waals surface area contributed by atoms with E-state index in [9.17, 15) is 14.4 Å². The van der Waals surface area contributed by atoms with Gasteiger partial charge in [-0.2, -0.15) is 0 Å². The number of hydrogen-bond donors (Lipinski definition) is 1. The number of aryl methyl sites for hydroxylation is 2. The average molecular weight is 455 g/mol. The predicted molar refractivity (Wildman–Crippen MR) is 128 cm³/mol. The highest BCUT2D eigenvalue weighted by molar-refractivity contribution is 6.00. The van der Waals surface area contributed by atoms with Crippen LogP contribution in [0.2, 0.25) is 0 Å². The van der Waals surface area contributed by atoms with E-state index in [2.05, 4.69) is 5.43 Å². The molecule has 0 saturated carbocycles. The molecule has 0 radical (unpaired) electrons. The second-order valence-electron chi connectivity index (χ2n) is 8.80. The molecule has 33 heavy (non-hydrogen) atoms. The van der Waals surface area contributed by atoms with Crippen LogP contribution < -0.4 is 14.9 Å². The molecule has 2 amide bonds. The largest absolute Gasteiger partial charge is 0.485 e. The van der Waals surface area contributed by atoms with Gasteiger partial charge in [0.2, 0.25) is 0 Å². The number of fused-ring (bicyclic) bond motifs is 1. The average Bonchev–Trinajstić information content (AvgIpc) is 2.77. The maximum Gasteiger partial charge on any atom is 0.272 e. The van der Waals surface area contributed by atoms with E-state index >= 15 is 0 Å². The number of nitrogens with one attached hydrogen (secondary N) is 1. The van der Waals surface area contributed by atoms with E-state index in [0.29, 0.717) is 34.5 Å². The van der Waals surface area contributed by atoms with Crippen LogP contribution in [0.4, 0.5) is 0 Å². The Balaban J connectivity index is 0.00000187. The lowest BCUT2D eigenvalue weighted by molar-refractivity contribution is -0.115. The van der Waals surface area contributed by atoms with Crippen molar-refractivity contribution in [2.75, 3.05) is 6.61 Å². The van der Waals surface area contributed by atoms with Crippen LogP contribution in [-0.4, -0.2) is 41.4 Å². The van der Waals surface area contributed by atoms with Crippen molar-refractivity contribution in [1.82, 2.24) is 10.4 Å². The Morgan fingerprint density at radius 3 is 2.21 bits per heavy atom. The number of aldehydes is 1. The third-order valence-electron chi connectivity index (χ3n) is 4.99. The van der Waals surface area contributed by atoms with Crippen molar-refractivity contribution < 1.29 is 23.9 Å². The van der Waals surface area contributed by atoms with Gasteiger partial charge < -0.3 is 9.47 Å². The van der Waals surface area contributed by atoms with Crippen LogP contribution in [0.5, 0.6) is 11.5 Å². The smallest absolute Gasteiger partial charge is 0.272 e. The van der Waals surface area contributed by atoms with Gasteiger partial charge in [0.05, 0.1) is 5.54 Å². The summed E-state index contributed by atoms with van der Waals surface area (Å²) in [5.41, 5.74) is 5.39. The number of amides is 2. The normalized spacial score (nSPS) is 14.5. The van der Waals surface area contributed by atoms with Crippen LogP contribution in [0.3, 0.4) is 0 Å². The zero-order valence-electron chi connectivity index (χ0n) is 20.7. The summed E-state index contributed by atoms with van der Waals surface area (Å²) in [4.78, 5) is 37.5. The van der Waals surface area contributed by atoms with E-state index in [1.807, 2.05) is 54.5 Å². The van der Waals surface area contributed by atoms with Gasteiger partial charge in [-0.05, 0) is 65.8 Å². The van der Waals surface area contributed by atoms with E-state index in [1.54, 1.807) is 31.2 Å². The summed E-state index contributed by atoms with van der Waals surface area (Å²) in [5.74, 6) is 0.0822. The van der Waals surface area contributed by atoms with E-state index < -0.39 is 17.6 Å². The minimum atomic E-state index is -0.721. The maximum absolute atomic E-state index is 13.3. The molecule has 0 aromatic heterocycles. The Bertz CT molecular complexity index is 1020. The number of hydrogen-bond acceptors (Lipinski definition) is 5. The van der Waals surface area contributed by atoms with Crippen molar-refractivity contribution in [1.29, 1.82) is 0 Å². The number of nitrogens with zero attached hydrogens (tertiary/aromatic N) is 1. The number of carbonyl (C=O) groups excluding carboxylic acids is 3. The van der Waals surface area contributed by atoms with Gasteiger partial charge in [0, 0.05) is 16.7 Å². The summed E-state index contributed by atoms with van der Waals surface area (Å²) in [6, 6.07) is 8.84. The fourth-order valence-electron chi connectivity index (χ4n) is 3.51. The summed E-state index contributed by atoms with van der Waals surface area (Å²) >= 11 is 0. The van der Waals surface area contributed by atoms with E-state index in [1.165, 1.54) is 5.01 Å². The molecule has 2 aromatic carbocycles. The molecule has 0 spiro atoms. The van der Waals surface area contributed by atoms with Crippen LogP contribution in [0.25, 0.3) is 0 Å². The fourth-order valence-corrected chi connectivity index (χ4v) is 3.51. The molecular weight excluding hydrogens is 420 g/mol. The highest BCUT2D eigenvalue weighted by Crippen LogP contribution is 2.36. The zero-order valence-corrected chi connectivity index (χ0v) is 20.7. The molecular formula is C26H34N2O5. The number of ether oxygens (including phenoxy) is 2. The molecule has 0 fully saturated rings. The fraction of sp³-hybridized carbons (Fsp3) is 0.423. The maximum atomic E-state index is 13.3. The molecule has 1 aliphatic rings. The second-order valence-corrected chi connectivity index (χ2v) is 8.80. The zero-order chi connectivity index (χ0) is 24.9. The van der Waals surface area contributed by atoms with Crippen molar-refractivity contribution in [3.05, 3.63) is 58.1 Å². The molecule has 3 rings (SSSR count). The van der Waals surface area contributed by atoms with Gasteiger partial charge in [-0.1, -0.05) is 31.0 Å². The number of benzene rings is 2. The van der Waals surface area contributed by atoms with Crippen molar-refractivity contribution >= 4 is 18.1 Å². The van der Waals surface area contributed by atoms with Crippen molar-refractivity contribution in [2.45, 2.75) is 67.0 Å². The lowest BCUT2D eigenvalue weighted by Crippen LogP contribution is -2.56. The Labute approximate surface area is 196 Å². The first-order valence-corrected chi connectivity index (χ1v) is 11.1. The lowest BCUT2D eigenvalue weighted by atomic mass is 10.0. The van der Waals surface area contributed by atoms with Crippen molar-refractivity contribution in [2.24, 2.45) is 0 Å². The van der Waals surface area contributed by atoms with Crippen molar-refractivity contribution in [3.8, 4) is 11.5 Å². The summed E-state index contributed by atoms with van der Waals surface area (Å²) in [5, 5.41) is 1.34. The monoisotopic (exact) mass is 454 g/mol. The van der Waals surface area contributed by atoms with Gasteiger partial charge in [0.25, 0.3) is 11.8 Å². The molecule has 178 valence electrons. The van der Waals surface area contributed by atoms with E-state index in [0.717, 1.165) is 11.1 Å². The van der Waals surface area contributed by atoms with Crippen LogP contribution >= 0.6 is 0 Å². The quantitative estimate of drug-likeness (QED) is 0.543. The molecule has 0 aliphatic carbocycles. The first-order chi connectivity index (χ1) is 15.5. The Kier molecular flexibility index (Phi) is 8.25. The van der Waals surface area contributed by atoms with E-state index in [-0.39, 0.29) is 12.5 Å². The third kappa shape index (κ3) is 5.92. The number of carbonyl (C=O) groups is 3. The highest BCUT2D eigenvalue weighted by Gasteiger charge is 2.31. The first-order valence-electron chi connectivity index (χ1n) is 11.1. The van der Waals surface area contributed by atoms with Gasteiger partial charge in [-0.25, -0.2) is 5.01 Å². The third-order valence-corrected chi connectivity index (χ3v) is 4.99. The summed E-state index contributed by atoms with van der Waals surface area (Å²) < 4.78 is 11.2. The summed E-state index contributed by atoms with van der Waals surface area (Å²) in [6.07, 6.45) is -0.0550. The first kappa shape index (κ1) is 25.9. The minimum absolute atomic E-state index is 0.129. The van der Waals surface area contributed by atoms with Gasteiger partial charge in [-0.15, -0.1) is 0 Å². The molecule has 0 saturated heterocycles. The highest BCUT2D eigenvalue weighted by atomic mass is 16.6. The summed E-state index contributed by atoms with van der Waals surface area (Å²) in [7, 11) is 0. The minimum Gasteiger partial charge on any atom is -0.485 e. The number of rotatable bonds is 3. The van der Waals surface area contributed by atoms with Gasteiger partial charge >= 0.3 is 0 Å². The molecule has 0 bridgehead atoms. The topological polar surface area (TPSA) is 84.9 Å². The predicted octanol–water partition coefficient (Wildman–Crippen LogP) is 4.56. The SMILES string of the molecule is CC.Cc1cc(C)cc(C(=O)N(NC(=O)c2ccc3c(c2C)O[C@@H](C=O)CO3)C(C)(C)C)c1. The van der Waals surface area contributed by atoms with Gasteiger partial charge in [0.1, 0.15) is 6.61 Å². The molecule has 1 aliphatic heterocycles. The standard InChI is InChI=1S/C24H28N2O5.C2H6/c1-14-9-15(2)11-17(10-14)23(29)26(24(4,5)6)25-22(28)19-7-8-20-21(16(19)3)31-18(12-27)13-30-20;1-2/h7-12,18H,13H2,1-6H3,(H,25,28);1-2H3/t18-;/m0./s1. The molecule has 7 nitrogen and oxygen atoms in total. The molecule has 2 aromatic rings. The van der Waals surface area contributed by atoms with Crippen LogP contribution in [0.1, 0.15) is 72.0 Å². The lowest BCUT2D eigenvalue weighted by Gasteiger charge is -2.36. The van der Waals surface area contributed by atoms with Crippen molar-refractivity contribution in [3.63, 3.8) is 0 Å². The molecule has 1 atom stereocenters. The van der Waals surface area contributed by atoms with Gasteiger partial charge in [0.15, 0.2) is 23.9 Å². The van der Waals surface area contributed by atoms with Gasteiger partial charge in [-0.3, -0.25) is 19.8 Å². The second kappa shape index (κ2) is 10.5. The Morgan fingerprint density at radius 1 is 1.06 bits per heavy atom. The molecule has 0 unspecified atom stereocenters. The number of hydrazine groups is 1. The Hall–Kier alpha value is -3.35. The molecule has 1 heterocycles. The Morgan fingerprint density at radius 2 is 1.67 bits per heavy atom. The van der Waals surface area contributed by atoms with E-state index in [4.69, 9.17) is 9.47 Å². The summed E-state index contributed by atoms with van der Waals surface area (Å²) in [6.45, 7) is 15.2. The van der Waals surface area contributed by atoms with Crippen LogP contribution in [0, 0.1) is 20.8 Å². The molecule has 7 heteroatoms.